The minimum Gasteiger partial charge on any atom is -0.238 e. The summed E-state index contributed by atoms with van der Waals surface area (Å²) in [6, 6.07) is 24.8. The topological polar surface area (TPSA) is 25.0 Å². The Balaban J connectivity index is 1.90. The first-order chi connectivity index (χ1) is 15.1. The number of nitrogens with zero attached hydrogens (tertiary/aromatic N) is 4. The number of fused-ring (bicyclic) bond motifs is 2. The molecule has 148 valence electrons. The van der Waals surface area contributed by atoms with Gasteiger partial charge in [0.2, 0.25) is 11.2 Å². The number of hydrogen-bond acceptors (Lipinski definition) is 1. The van der Waals surface area contributed by atoms with Crippen molar-refractivity contribution in [3.05, 3.63) is 107 Å². The van der Waals surface area contributed by atoms with E-state index in [9.17, 15) is 0 Å². The minimum absolute atomic E-state index is 0.607. The van der Waals surface area contributed by atoms with E-state index in [-0.39, 0.29) is 0 Å². The van der Waals surface area contributed by atoms with Crippen LogP contribution in [0.1, 0.15) is 17.1 Å². The van der Waals surface area contributed by atoms with Gasteiger partial charge in [-0.05, 0) is 37.3 Å². The van der Waals surface area contributed by atoms with Gasteiger partial charge in [0.1, 0.15) is 11.2 Å². The molecule has 0 saturated carbocycles. The van der Waals surface area contributed by atoms with E-state index in [1.807, 2.05) is 37.4 Å². The van der Waals surface area contributed by atoms with Crippen molar-refractivity contribution in [2.75, 3.05) is 0 Å². The lowest BCUT2D eigenvalue weighted by Gasteiger charge is -2.12. The maximum absolute atomic E-state index is 7.76. The molecule has 0 fully saturated rings. The zero-order chi connectivity index (χ0) is 21.5. The number of aromatic nitrogens is 3. The summed E-state index contributed by atoms with van der Waals surface area (Å²) in [5, 5.41) is 2.23. The molecule has 0 bridgehead atoms. The second kappa shape index (κ2) is 7.30. The van der Waals surface area contributed by atoms with Crippen LogP contribution in [0.3, 0.4) is 0 Å². The Morgan fingerprint density at radius 2 is 1.35 bits per heavy atom. The van der Waals surface area contributed by atoms with Crippen LogP contribution in [-0.2, 0) is 0 Å². The third-order valence-electron chi connectivity index (χ3n) is 5.87. The molecule has 0 N–H and O–H groups in total. The Hall–Kier alpha value is -4.10. The lowest BCUT2D eigenvalue weighted by Crippen LogP contribution is -2.40. The molecule has 0 saturated heterocycles. The van der Waals surface area contributed by atoms with Gasteiger partial charge < -0.3 is 0 Å². The van der Waals surface area contributed by atoms with Crippen LogP contribution in [-0.4, -0.2) is 4.98 Å². The van der Waals surface area contributed by atoms with Gasteiger partial charge in [0.15, 0.2) is 17.6 Å². The molecule has 0 spiro atoms. The van der Waals surface area contributed by atoms with Crippen LogP contribution in [0.15, 0.2) is 79.0 Å². The third-order valence-corrected chi connectivity index (χ3v) is 5.87. The van der Waals surface area contributed by atoms with Gasteiger partial charge >= 0.3 is 5.82 Å². The van der Waals surface area contributed by atoms with Gasteiger partial charge in [0.25, 0.3) is 0 Å². The van der Waals surface area contributed by atoms with E-state index in [2.05, 4.69) is 81.3 Å². The fraction of sp³-hybridized carbons (Fsp3) is 0.111. The van der Waals surface area contributed by atoms with Crippen LogP contribution in [0, 0.1) is 27.3 Å². The third kappa shape index (κ3) is 3.03. The molecule has 0 unspecified atom stereocenters. The second-order valence-electron chi connectivity index (χ2n) is 7.79. The van der Waals surface area contributed by atoms with Gasteiger partial charge in [0, 0.05) is 37.4 Å². The summed E-state index contributed by atoms with van der Waals surface area (Å²) in [5.41, 5.74) is 7.01. The van der Waals surface area contributed by atoms with Crippen molar-refractivity contribution in [2.24, 2.45) is 0 Å². The van der Waals surface area contributed by atoms with Crippen LogP contribution >= 0.6 is 0 Å². The monoisotopic (exact) mass is 402 g/mol. The predicted octanol–water partition coefficient (Wildman–Crippen LogP) is 5.42. The van der Waals surface area contributed by atoms with Crippen molar-refractivity contribution in [3.8, 4) is 11.4 Å². The van der Waals surface area contributed by atoms with Gasteiger partial charge in [0.05, 0.1) is 17.5 Å². The average Bonchev–Trinajstić information content (AvgIpc) is 2.80. The maximum Gasteiger partial charge on any atom is 0.300 e. The molecule has 4 nitrogen and oxygen atoms in total. The standard InChI is InChI=1S/C27H22N4/c1-18-13-14-21-9-5-7-11-24(21)30(18)26-15-23(28-4)16-27(19(26)2)31-20(3)29-17-22-10-6-8-12-25(22)31/h5-17H,1-3H3/q+2. The van der Waals surface area contributed by atoms with Crippen LogP contribution in [0.2, 0.25) is 0 Å². The molecule has 3 aromatic carbocycles. The van der Waals surface area contributed by atoms with Crippen LogP contribution < -0.4 is 9.13 Å². The lowest BCUT2D eigenvalue weighted by atomic mass is 10.1. The van der Waals surface area contributed by atoms with Crippen molar-refractivity contribution >= 4 is 27.5 Å². The van der Waals surface area contributed by atoms with Crippen LogP contribution in [0.4, 0.5) is 5.69 Å². The van der Waals surface area contributed by atoms with E-state index in [1.165, 1.54) is 0 Å². The molecular weight excluding hydrogens is 380 g/mol. The highest BCUT2D eigenvalue weighted by molar-refractivity contribution is 5.77. The van der Waals surface area contributed by atoms with Crippen LogP contribution in [0.25, 0.3) is 38.0 Å². The van der Waals surface area contributed by atoms with Crippen molar-refractivity contribution < 1.29 is 9.13 Å². The average molecular weight is 403 g/mol. The van der Waals surface area contributed by atoms with Gasteiger partial charge in [-0.25, -0.2) is 4.85 Å². The van der Waals surface area contributed by atoms with Crippen molar-refractivity contribution in [1.82, 2.24) is 4.98 Å². The van der Waals surface area contributed by atoms with Gasteiger partial charge in [-0.1, -0.05) is 29.2 Å². The molecule has 31 heavy (non-hydrogen) atoms. The largest absolute Gasteiger partial charge is 0.300 e. The molecule has 0 aliphatic rings. The maximum atomic E-state index is 7.76. The lowest BCUT2D eigenvalue weighted by molar-refractivity contribution is -0.585. The minimum atomic E-state index is 0.607. The first kappa shape index (κ1) is 18.9. The summed E-state index contributed by atoms with van der Waals surface area (Å²) in [6.07, 6.45) is 1.90. The Morgan fingerprint density at radius 1 is 0.742 bits per heavy atom. The van der Waals surface area contributed by atoms with E-state index in [0.29, 0.717) is 5.69 Å². The molecule has 0 aliphatic carbocycles. The molecular formula is C27H22N4+2. The Labute approximate surface area is 181 Å². The fourth-order valence-electron chi connectivity index (χ4n) is 4.32. The number of aryl methyl sites for hydroxylation is 2. The van der Waals surface area contributed by atoms with E-state index in [1.54, 1.807) is 0 Å². The van der Waals surface area contributed by atoms with Crippen molar-refractivity contribution in [3.63, 3.8) is 0 Å². The van der Waals surface area contributed by atoms with Crippen molar-refractivity contribution in [1.29, 1.82) is 0 Å². The Bertz CT molecular complexity index is 1420. The highest BCUT2D eigenvalue weighted by Gasteiger charge is 2.25. The summed E-state index contributed by atoms with van der Waals surface area (Å²) >= 11 is 0. The first-order valence-electron chi connectivity index (χ1n) is 10.3. The molecule has 2 heterocycles. The highest BCUT2D eigenvalue weighted by Crippen LogP contribution is 2.26. The molecule has 0 atom stereocenters. The van der Waals surface area contributed by atoms with Gasteiger partial charge in [-0.3, -0.25) is 0 Å². The smallest absolute Gasteiger partial charge is 0.238 e. The van der Waals surface area contributed by atoms with Crippen LogP contribution in [0.5, 0.6) is 0 Å². The normalized spacial score (nSPS) is 11.0. The summed E-state index contributed by atoms with van der Waals surface area (Å²) < 4.78 is 4.40. The predicted molar refractivity (Wildman–Crippen MR) is 123 cm³/mol. The number of rotatable bonds is 2. The first-order valence-corrected chi connectivity index (χ1v) is 10.3. The fourth-order valence-corrected chi connectivity index (χ4v) is 4.32. The zero-order valence-corrected chi connectivity index (χ0v) is 17.8. The van der Waals surface area contributed by atoms with Gasteiger partial charge in [-0.15, -0.1) is 0 Å². The molecule has 5 aromatic rings. The molecule has 5 rings (SSSR count). The highest BCUT2D eigenvalue weighted by atomic mass is 15.1. The molecule has 0 aliphatic heterocycles. The summed E-state index contributed by atoms with van der Waals surface area (Å²) in [4.78, 5) is 8.44. The molecule has 0 amide bonds. The number of hydrogen-bond donors (Lipinski definition) is 0. The SMILES string of the molecule is [C-]#[N+]c1cc(-[n+]2c(C)ccc3ccccc32)c(C)c(-[n+]2c(C)ncc3ccccc32)c1. The molecule has 0 radical (unpaired) electrons. The quantitative estimate of drug-likeness (QED) is 0.286. The summed E-state index contributed by atoms with van der Waals surface area (Å²) in [5.74, 6) is 0.884. The van der Waals surface area contributed by atoms with Gasteiger partial charge in [-0.2, -0.15) is 9.13 Å². The van der Waals surface area contributed by atoms with Crippen molar-refractivity contribution in [2.45, 2.75) is 20.8 Å². The van der Waals surface area contributed by atoms with E-state index >= 15 is 0 Å². The molecule has 2 aromatic heterocycles. The summed E-state index contributed by atoms with van der Waals surface area (Å²) in [6.45, 7) is 14.0. The van der Waals surface area contributed by atoms with E-state index < -0.39 is 0 Å². The summed E-state index contributed by atoms with van der Waals surface area (Å²) in [7, 11) is 0. The molecule has 4 heteroatoms. The van der Waals surface area contributed by atoms with E-state index in [4.69, 9.17) is 6.57 Å². The second-order valence-corrected chi connectivity index (χ2v) is 7.79. The zero-order valence-electron chi connectivity index (χ0n) is 17.8. The van der Waals surface area contributed by atoms with E-state index in [0.717, 1.165) is 50.3 Å². The number of benzene rings is 3. The number of para-hydroxylation sites is 2. The number of pyridine rings is 1. The Morgan fingerprint density at radius 3 is 2.06 bits per heavy atom. The Kier molecular flexibility index (Phi) is 4.45.